The van der Waals surface area contributed by atoms with Gasteiger partial charge in [0.05, 0.1) is 12.0 Å². The summed E-state index contributed by atoms with van der Waals surface area (Å²) in [5.74, 6) is -0.420. The van der Waals surface area contributed by atoms with Crippen LogP contribution in [0, 0.1) is 11.8 Å². The SMILES string of the molecule is CC1CCC(N2CC(C(=O)OCC(=O)NC3CCCc4ccccc43)CC2=O)CC1. The number of carbonyl (C=O) groups excluding carboxylic acids is 3. The van der Waals surface area contributed by atoms with Crippen molar-refractivity contribution >= 4 is 17.8 Å². The lowest BCUT2D eigenvalue weighted by atomic mass is 9.87. The molecule has 1 saturated heterocycles. The lowest BCUT2D eigenvalue weighted by molar-refractivity contribution is -0.152. The minimum Gasteiger partial charge on any atom is -0.455 e. The fraction of sp³-hybridized carbons (Fsp3) is 0.625. The van der Waals surface area contributed by atoms with Crippen molar-refractivity contribution in [3.8, 4) is 0 Å². The molecule has 1 N–H and O–H groups in total. The number of nitrogens with one attached hydrogen (secondary N) is 1. The number of esters is 1. The zero-order chi connectivity index (χ0) is 21.1. The predicted octanol–water partition coefficient (Wildman–Crippen LogP) is 3.15. The second-order valence-electron chi connectivity index (χ2n) is 9.18. The van der Waals surface area contributed by atoms with Gasteiger partial charge in [0.25, 0.3) is 5.91 Å². The van der Waals surface area contributed by atoms with Crippen molar-refractivity contribution in [2.75, 3.05) is 13.2 Å². The summed E-state index contributed by atoms with van der Waals surface area (Å²) in [6, 6.07) is 8.38. The van der Waals surface area contributed by atoms with Gasteiger partial charge < -0.3 is 15.0 Å². The van der Waals surface area contributed by atoms with Gasteiger partial charge in [0.15, 0.2) is 6.61 Å². The summed E-state index contributed by atoms with van der Waals surface area (Å²) in [5.41, 5.74) is 2.43. The number of amides is 2. The molecular formula is C24H32N2O4. The van der Waals surface area contributed by atoms with E-state index in [9.17, 15) is 14.4 Å². The molecule has 1 aromatic rings. The molecule has 0 radical (unpaired) electrons. The molecule has 2 amide bonds. The number of likely N-dealkylation sites (tertiary alicyclic amines) is 1. The van der Waals surface area contributed by atoms with Crippen LogP contribution in [0.3, 0.4) is 0 Å². The summed E-state index contributed by atoms with van der Waals surface area (Å²) in [5, 5.41) is 3.00. The summed E-state index contributed by atoms with van der Waals surface area (Å²) >= 11 is 0. The maximum Gasteiger partial charge on any atom is 0.311 e. The van der Waals surface area contributed by atoms with Crippen LogP contribution in [-0.2, 0) is 25.5 Å². The van der Waals surface area contributed by atoms with Crippen molar-refractivity contribution in [3.05, 3.63) is 35.4 Å². The third kappa shape index (κ3) is 4.68. The fourth-order valence-electron chi connectivity index (χ4n) is 5.19. The number of rotatable bonds is 5. The number of hydrogen-bond acceptors (Lipinski definition) is 4. The molecule has 0 aromatic heterocycles. The Balaban J connectivity index is 1.25. The van der Waals surface area contributed by atoms with E-state index in [1.54, 1.807) is 0 Å². The molecule has 2 fully saturated rings. The molecule has 2 unspecified atom stereocenters. The fourth-order valence-corrected chi connectivity index (χ4v) is 5.19. The Labute approximate surface area is 178 Å². The van der Waals surface area contributed by atoms with Crippen molar-refractivity contribution in [1.82, 2.24) is 10.2 Å². The first-order valence-electron chi connectivity index (χ1n) is 11.3. The highest BCUT2D eigenvalue weighted by molar-refractivity contribution is 5.88. The molecule has 6 nitrogen and oxygen atoms in total. The second kappa shape index (κ2) is 9.19. The summed E-state index contributed by atoms with van der Waals surface area (Å²) in [7, 11) is 0. The molecule has 162 valence electrons. The van der Waals surface area contributed by atoms with E-state index < -0.39 is 11.9 Å². The standard InChI is InChI=1S/C24H32N2O4/c1-16-9-11-19(12-10-16)26-14-18(13-23(26)28)24(29)30-15-22(27)25-21-8-4-6-17-5-2-3-7-20(17)21/h2-3,5,7,16,18-19,21H,4,6,8-15H2,1H3,(H,25,27). The minimum atomic E-state index is -0.458. The van der Waals surface area contributed by atoms with Gasteiger partial charge in [-0.25, -0.2) is 0 Å². The van der Waals surface area contributed by atoms with E-state index >= 15 is 0 Å². The van der Waals surface area contributed by atoms with Gasteiger partial charge in [-0.05, 0) is 62.0 Å². The Bertz CT molecular complexity index is 800. The topological polar surface area (TPSA) is 75.7 Å². The Morgan fingerprint density at radius 1 is 1.13 bits per heavy atom. The lowest BCUT2D eigenvalue weighted by Gasteiger charge is -2.33. The van der Waals surface area contributed by atoms with Crippen LogP contribution in [0.15, 0.2) is 24.3 Å². The van der Waals surface area contributed by atoms with E-state index in [2.05, 4.69) is 24.4 Å². The van der Waals surface area contributed by atoms with Crippen LogP contribution < -0.4 is 5.32 Å². The molecular weight excluding hydrogens is 380 g/mol. The summed E-state index contributed by atoms with van der Waals surface area (Å²) in [6.07, 6.45) is 7.44. The maximum absolute atomic E-state index is 12.5. The van der Waals surface area contributed by atoms with Gasteiger partial charge in [0, 0.05) is 19.0 Å². The smallest absolute Gasteiger partial charge is 0.311 e. The van der Waals surface area contributed by atoms with E-state index in [1.807, 2.05) is 17.0 Å². The molecule has 1 saturated carbocycles. The molecule has 6 heteroatoms. The van der Waals surface area contributed by atoms with Crippen LogP contribution in [0.5, 0.6) is 0 Å². The van der Waals surface area contributed by atoms with E-state index in [4.69, 9.17) is 4.74 Å². The number of aryl methyl sites for hydroxylation is 1. The van der Waals surface area contributed by atoms with Crippen LogP contribution in [0.4, 0.5) is 0 Å². The molecule has 0 bridgehead atoms. The van der Waals surface area contributed by atoms with E-state index in [1.165, 1.54) is 5.56 Å². The molecule has 1 aliphatic heterocycles. The summed E-state index contributed by atoms with van der Waals surface area (Å²) in [6.45, 7) is 2.39. The molecule has 2 aliphatic carbocycles. The zero-order valence-electron chi connectivity index (χ0n) is 17.8. The zero-order valence-corrected chi connectivity index (χ0v) is 17.8. The molecule has 0 spiro atoms. The molecule has 30 heavy (non-hydrogen) atoms. The second-order valence-corrected chi connectivity index (χ2v) is 9.18. The van der Waals surface area contributed by atoms with Gasteiger partial charge in [0.1, 0.15) is 0 Å². The molecule has 3 aliphatic rings. The Morgan fingerprint density at radius 2 is 1.90 bits per heavy atom. The van der Waals surface area contributed by atoms with Crippen molar-refractivity contribution < 1.29 is 19.1 Å². The van der Waals surface area contributed by atoms with Crippen LogP contribution in [0.1, 0.15) is 69.0 Å². The molecule has 2 atom stereocenters. The third-order valence-electron chi connectivity index (χ3n) is 6.97. The Kier molecular flexibility index (Phi) is 6.40. The average molecular weight is 413 g/mol. The van der Waals surface area contributed by atoms with E-state index in [0.29, 0.717) is 12.5 Å². The third-order valence-corrected chi connectivity index (χ3v) is 6.97. The first-order chi connectivity index (χ1) is 14.5. The average Bonchev–Trinajstić information content (AvgIpc) is 3.14. The highest BCUT2D eigenvalue weighted by Crippen LogP contribution is 2.32. The highest BCUT2D eigenvalue weighted by Gasteiger charge is 2.39. The number of fused-ring (bicyclic) bond motifs is 1. The minimum absolute atomic E-state index is 0.0293. The normalized spacial score (nSPS) is 28.7. The van der Waals surface area contributed by atoms with Gasteiger partial charge in [-0.2, -0.15) is 0 Å². The lowest BCUT2D eigenvalue weighted by Crippen LogP contribution is -2.39. The van der Waals surface area contributed by atoms with E-state index in [0.717, 1.165) is 50.5 Å². The highest BCUT2D eigenvalue weighted by atomic mass is 16.5. The van der Waals surface area contributed by atoms with Gasteiger partial charge in [-0.3, -0.25) is 14.4 Å². The van der Waals surface area contributed by atoms with Crippen LogP contribution in [-0.4, -0.2) is 41.9 Å². The van der Waals surface area contributed by atoms with Gasteiger partial charge >= 0.3 is 5.97 Å². The number of nitrogens with zero attached hydrogens (tertiary/aromatic N) is 1. The van der Waals surface area contributed by atoms with Gasteiger partial charge in [-0.1, -0.05) is 31.2 Å². The first-order valence-corrected chi connectivity index (χ1v) is 11.3. The molecule has 1 aromatic carbocycles. The monoisotopic (exact) mass is 412 g/mol. The number of hydrogen-bond donors (Lipinski definition) is 1. The summed E-state index contributed by atoms with van der Waals surface area (Å²) < 4.78 is 5.29. The van der Waals surface area contributed by atoms with Crippen LogP contribution in [0.2, 0.25) is 0 Å². The maximum atomic E-state index is 12.5. The molecule has 1 heterocycles. The Hall–Kier alpha value is -2.37. The Morgan fingerprint density at radius 3 is 2.70 bits per heavy atom. The van der Waals surface area contributed by atoms with Gasteiger partial charge in [0.2, 0.25) is 5.91 Å². The van der Waals surface area contributed by atoms with Crippen molar-refractivity contribution in [3.63, 3.8) is 0 Å². The number of ether oxygens (including phenoxy) is 1. The van der Waals surface area contributed by atoms with Crippen molar-refractivity contribution in [1.29, 1.82) is 0 Å². The summed E-state index contributed by atoms with van der Waals surface area (Å²) in [4.78, 5) is 39.2. The van der Waals surface area contributed by atoms with E-state index in [-0.39, 0.29) is 36.9 Å². The predicted molar refractivity (Wildman–Crippen MR) is 112 cm³/mol. The number of carbonyl (C=O) groups is 3. The largest absolute Gasteiger partial charge is 0.455 e. The van der Waals surface area contributed by atoms with Crippen molar-refractivity contribution in [2.24, 2.45) is 11.8 Å². The quantitative estimate of drug-likeness (QED) is 0.754. The van der Waals surface area contributed by atoms with Crippen LogP contribution >= 0.6 is 0 Å². The first kappa shape index (κ1) is 20.9. The van der Waals surface area contributed by atoms with Crippen molar-refractivity contribution in [2.45, 2.75) is 70.4 Å². The van der Waals surface area contributed by atoms with Crippen LogP contribution in [0.25, 0.3) is 0 Å². The number of benzene rings is 1. The molecule has 4 rings (SSSR count). The van der Waals surface area contributed by atoms with Gasteiger partial charge in [-0.15, -0.1) is 0 Å².